The first kappa shape index (κ1) is 16.2. The lowest BCUT2D eigenvalue weighted by molar-refractivity contribution is 0.00838. The fourth-order valence-electron chi connectivity index (χ4n) is 1.98. The van der Waals surface area contributed by atoms with Crippen LogP contribution < -0.4 is 5.32 Å². The maximum atomic E-state index is 5.52. The lowest BCUT2D eigenvalue weighted by atomic mass is 10.00. The molecule has 0 bridgehead atoms. The van der Waals surface area contributed by atoms with Gasteiger partial charge in [0, 0.05) is 19.8 Å². The lowest BCUT2D eigenvalue weighted by Crippen LogP contribution is -2.36. The van der Waals surface area contributed by atoms with Crippen LogP contribution in [0.1, 0.15) is 39.4 Å². The number of methoxy groups -OCH3 is 1. The van der Waals surface area contributed by atoms with Crippen LogP contribution in [0, 0.1) is 0 Å². The Labute approximate surface area is 116 Å². The molecule has 0 spiro atoms. The van der Waals surface area contributed by atoms with Crippen molar-refractivity contribution >= 4 is 0 Å². The van der Waals surface area contributed by atoms with Crippen molar-refractivity contribution in [2.45, 2.75) is 51.9 Å². The van der Waals surface area contributed by atoms with Crippen LogP contribution in [0.15, 0.2) is 22.8 Å². The predicted molar refractivity (Wildman–Crippen MR) is 76.2 cm³/mol. The molecular formula is C15H27NO3. The molecule has 0 saturated heterocycles. The fourth-order valence-corrected chi connectivity index (χ4v) is 1.98. The van der Waals surface area contributed by atoms with Gasteiger partial charge in [-0.25, -0.2) is 0 Å². The monoisotopic (exact) mass is 269 g/mol. The normalized spacial score (nSPS) is 13.7. The van der Waals surface area contributed by atoms with Gasteiger partial charge in [-0.05, 0) is 52.3 Å². The van der Waals surface area contributed by atoms with E-state index in [0.29, 0.717) is 12.6 Å². The highest BCUT2D eigenvalue weighted by molar-refractivity contribution is 4.95. The van der Waals surface area contributed by atoms with Gasteiger partial charge >= 0.3 is 0 Å². The molecule has 1 atom stereocenters. The van der Waals surface area contributed by atoms with Gasteiger partial charge in [-0.15, -0.1) is 0 Å². The molecule has 1 heterocycles. The molecular weight excluding hydrogens is 242 g/mol. The van der Waals surface area contributed by atoms with Crippen molar-refractivity contribution in [3.63, 3.8) is 0 Å². The Balaban J connectivity index is 1.98. The van der Waals surface area contributed by atoms with Crippen LogP contribution >= 0.6 is 0 Å². The summed E-state index contributed by atoms with van der Waals surface area (Å²) in [4.78, 5) is 0. The zero-order valence-corrected chi connectivity index (χ0v) is 12.6. The van der Waals surface area contributed by atoms with Crippen LogP contribution in [0.5, 0.6) is 0 Å². The van der Waals surface area contributed by atoms with E-state index in [4.69, 9.17) is 13.9 Å². The number of rotatable bonds is 10. The maximum Gasteiger partial charge on any atom is 0.129 e. The van der Waals surface area contributed by atoms with E-state index in [-0.39, 0.29) is 5.60 Å². The second kappa shape index (κ2) is 8.35. The van der Waals surface area contributed by atoms with Crippen LogP contribution in [0.25, 0.3) is 0 Å². The van der Waals surface area contributed by atoms with Crippen molar-refractivity contribution < 1.29 is 13.9 Å². The lowest BCUT2D eigenvalue weighted by Gasteiger charge is -2.27. The van der Waals surface area contributed by atoms with E-state index in [0.717, 1.165) is 31.8 Å². The fraction of sp³-hybridized carbons (Fsp3) is 0.733. The van der Waals surface area contributed by atoms with E-state index in [1.807, 2.05) is 12.1 Å². The van der Waals surface area contributed by atoms with E-state index >= 15 is 0 Å². The Morgan fingerprint density at radius 1 is 1.42 bits per heavy atom. The largest absolute Gasteiger partial charge is 0.467 e. The van der Waals surface area contributed by atoms with E-state index in [2.05, 4.69) is 26.1 Å². The minimum Gasteiger partial charge on any atom is -0.467 e. The SMILES string of the molecule is COC(C)(C)CC(C)NCCCOCc1ccco1. The van der Waals surface area contributed by atoms with Gasteiger partial charge in [-0.2, -0.15) is 0 Å². The summed E-state index contributed by atoms with van der Waals surface area (Å²) in [6, 6.07) is 4.24. The second-order valence-corrected chi connectivity index (χ2v) is 5.51. The standard InChI is InChI=1S/C15H27NO3/c1-13(11-15(2,3)17-4)16-8-6-9-18-12-14-7-5-10-19-14/h5,7,10,13,16H,6,8-9,11-12H2,1-4H3. The molecule has 0 radical (unpaired) electrons. The van der Waals surface area contributed by atoms with E-state index in [1.165, 1.54) is 0 Å². The summed E-state index contributed by atoms with van der Waals surface area (Å²) < 4.78 is 16.1. The van der Waals surface area contributed by atoms with Crippen LogP contribution in [-0.2, 0) is 16.1 Å². The molecule has 0 aromatic carbocycles. The van der Waals surface area contributed by atoms with Crippen molar-refractivity contribution in [2.24, 2.45) is 0 Å². The smallest absolute Gasteiger partial charge is 0.129 e. The molecule has 110 valence electrons. The summed E-state index contributed by atoms with van der Waals surface area (Å²) in [5.74, 6) is 0.878. The minimum atomic E-state index is -0.0673. The zero-order valence-electron chi connectivity index (χ0n) is 12.6. The molecule has 19 heavy (non-hydrogen) atoms. The van der Waals surface area contributed by atoms with Gasteiger partial charge in [-0.1, -0.05) is 0 Å². The third-order valence-electron chi connectivity index (χ3n) is 3.13. The van der Waals surface area contributed by atoms with E-state index < -0.39 is 0 Å². The molecule has 1 N–H and O–H groups in total. The number of ether oxygens (including phenoxy) is 2. The molecule has 1 aromatic heterocycles. The number of furan rings is 1. The third kappa shape index (κ3) is 7.35. The second-order valence-electron chi connectivity index (χ2n) is 5.51. The van der Waals surface area contributed by atoms with Crippen molar-refractivity contribution in [3.05, 3.63) is 24.2 Å². The summed E-state index contributed by atoms with van der Waals surface area (Å²) in [7, 11) is 1.76. The predicted octanol–water partition coefficient (Wildman–Crippen LogP) is 2.98. The highest BCUT2D eigenvalue weighted by Gasteiger charge is 2.19. The summed E-state index contributed by atoms with van der Waals surface area (Å²) in [6.07, 6.45) is 3.66. The Morgan fingerprint density at radius 2 is 2.21 bits per heavy atom. The summed E-state index contributed by atoms with van der Waals surface area (Å²) >= 11 is 0. The van der Waals surface area contributed by atoms with Crippen LogP contribution in [-0.4, -0.2) is 31.9 Å². The number of hydrogen-bond donors (Lipinski definition) is 1. The van der Waals surface area contributed by atoms with Gasteiger partial charge in [0.1, 0.15) is 12.4 Å². The van der Waals surface area contributed by atoms with Gasteiger partial charge in [0.15, 0.2) is 0 Å². The van der Waals surface area contributed by atoms with Crippen LogP contribution in [0.3, 0.4) is 0 Å². The molecule has 0 aliphatic heterocycles. The molecule has 1 unspecified atom stereocenters. The summed E-state index contributed by atoms with van der Waals surface area (Å²) in [5, 5.41) is 3.48. The van der Waals surface area contributed by atoms with E-state index in [9.17, 15) is 0 Å². The number of hydrogen-bond acceptors (Lipinski definition) is 4. The molecule has 0 saturated carbocycles. The molecule has 0 aliphatic rings. The van der Waals surface area contributed by atoms with Gasteiger partial charge in [0.2, 0.25) is 0 Å². The molecule has 1 rings (SSSR count). The highest BCUT2D eigenvalue weighted by Crippen LogP contribution is 2.15. The Bertz CT molecular complexity index is 322. The molecule has 0 amide bonds. The quantitative estimate of drug-likeness (QED) is 0.663. The van der Waals surface area contributed by atoms with Crippen molar-refractivity contribution in [1.82, 2.24) is 5.32 Å². The van der Waals surface area contributed by atoms with Gasteiger partial charge in [-0.3, -0.25) is 0 Å². The first-order valence-electron chi connectivity index (χ1n) is 6.92. The first-order chi connectivity index (χ1) is 9.03. The van der Waals surface area contributed by atoms with E-state index in [1.54, 1.807) is 13.4 Å². The Kier molecular flexibility index (Phi) is 7.13. The van der Waals surface area contributed by atoms with Crippen molar-refractivity contribution in [3.8, 4) is 0 Å². The minimum absolute atomic E-state index is 0.0673. The number of nitrogens with one attached hydrogen (secondary N) is 1. The average molecular weight is 269 g/mol. The van der Waals surface area contributed by atoms with Gasteiger partial charge < -0.3 is 19.2 Å². The van der Waals surface area contributed by atoms with Crippen molar-refractivity contribution in [1.29, 1.82) is 0 Å². The molecule has 4 heteroatoms. The Morgan fingerprint density at radius 3 is 2.84 bits per heavy atom. The topological polar surface area (TPSA) is 43.6 Å². The maximum absolute atomic E-state index is 5.52. The Hall–Kier alpha value is -0.840. The van der Waals surface area contributed by atoms with Crippen LogP contribution in [0.4, 0.5) is 0 Å². The zero-order chi connectivity index (χ0) is 14.1. The molecule has 0 fully saturated rings. The van der Waals surface area contributed by atoms with Crippen LogP contribution in [0.2, 0.25) is 0 Å². The van der Waals surface area contributed by atoms with Gasteiger partial charge in [0.25, 0.3) is 0 Å². The summed E-state index contributed by atoms with van der Waals surface area (Å²) in [5.41, 5.74) is -0.0673. The molecule has 1 aromatic rings. The summed E-state index contributed by atoms with van der Waals surface area (Å²) in [6.45, 7) is 8.66. The third-order valence-corrected chi connectivity index (χ3v) is 3.13. The molecule has 4 nitrogen and oxygen atoms in total. The average Bonchev–Trinajstić information content (AvgIpc) is 2.86. The first-order valence-corrected chi connectivity index (χ1v) is 6.92. The highest BCUT2D eigenvalue weighted by atomic mass is 16.5. The van der Waals surface area contributed by atoms with Crippen molar-refractivity contribution in [2.75, 3.05) is 20.3 Å². The van der Waals surface area contributed by atoms with Gasteiger partial charge in [0.05, 0.1) is 11.9 Å². The molecule has 0 aliphatic carbocycles.